The molecular weight excluding hydrogens is 1230 g/mol. The third kappa shape index (κ3) is 67.8. The van der Waals surface area contributed by atoms with Gasteiger partial charge in [0.15, 0.2) is 12.2 Å². The van der Waals surface area contributed by atoms with Crippen molar-refractivity contribution in [1.82, 2.24) is 0 Å². The first-order valence-electron chi connectivity index (χ1n) is 38.2. The Hall–Kier alpha value is -2.72. The summed E-state index contributed by atoms with van der Waals surface area (Å²) >= 11 is 0. The van der Waals surface area contributed by atoms with Gasteiger partial charge in [0.25, 0.3) is 0 Å². The van der Waals surface area contributed by atoms with Crippen molar-refractivity contribution in [3.05, 3.63) is 36.5 Å². The number of unbranched alkanes of at least 4 members (excludes halogenated alkanes) is 41. The maximum Gasteiger partial charge on any atom is 0.472 e. The molecule has 0 aromatic carbocycles. The number of phosphoric acid groups is 2. The summed E-state index contributed by atoms with van der Waals surface area (Å²) in [6, 6.07) is 0. The first kappa shape index (κ1) is 91.3. The number of phosphoric ester groups is 2. The molecule has 0 aliphatic rings. The summed E-state index contributed by atoms with van der Waals surface area (Å²) in [7, 11) is -9.93. The molecule has 19 heteroatoms. The third-order valence-corrected chi connectivity index (χ3v) is 18.5. The fourth-order valence-corrected chi connectivity index (χ4v) is 12.2. The molecule has 0 saturated heterocycles. The van der Waals surface area contributed by atoms with Crippen molar-refractivity contribution >= 4 is 39.5 Å². The quantitative estimate of drug-likeness (QED) is 0.0169. The highest BCUT2D eigenvalue weighted by Gasteiger charge is 2.30. The minimum atomic E-state index is -4.96. The lowest BCUT2D eigenvalue weighted by Crippen LogP contribution is -2.30. The highest BCUT2D eigenvalue weighted by Crippen LogP contribution is 2.45. The molecule has 0 aromatic rings. The number of carbonyl (C=O) groups excluding carboxylic acids is 4. The van der Waals surface area contributed by atoms with Gasteiger partial charge in [-0.2, -0.15) is 0 Å². The molecule has 0 bridgehead atoms. The zero-order chi connectivity index (χ0) is 69.0. The van der Waals surface area contributed by atoms with Crippen LogP contribution in [0.25, 0.3) is 0 Å². The Bertz CT molecular complexity index is 1930. The lowest BCUT2D eigenvalue weighted by Gasteiger charge is -2.21. The molecule has 3 N–H and O–H groups in total. The van der Waals surface area contributed by atoms with E-state index in [1.165, 1.54) is 148 Å². The SMILES string of the molecule is CCCC/C=C\CCCCCCCC(=O)OC(COC(=O)CCCCCCC/C=C\CCCCCCCC)COP(=O)(O)OCC(O)COP(=O)(O)OCC(COC(=O)CCCCCCCCCCCCCCCCC)OC(=O)CCCCCCC/C=C\CCCCCC. The predicted octanol–water partition coefficient (Wildman–Crippen LogP) is 21.6. The molecule has 0 fully saturated rings. The number of carbonyl (C=O) groups is 4. The van der Waals surface area contributed by atoms with E-state index < -0.39 is 97.5 Å². The number of hydrogen-bond donors (Lipinski definition) is 3. The standard InChI is InChI=1S/C75H140O17P2/c1-5-9-13-17-21-25-29-32-34-37-40-43-47-51-55-59-72(77)85-65-70(91-74(79)61-57-53-49-45-39-28-24-20-16-12-8-4)67-89-93(81,82)87-63-69(76)64-88-94(83,84)90-68-71(92-75(80)62-58-54-50-46-42-36-31-27-23-19-15-11-7-3)66-86-73(78)60-56-52-48-44-41-38-35-33-30-26-22-18-14-10-6-2/h20,24,27,31-32,34,69-71,76H,5-19,21-23,25-26,28-30,33,35-68H2,1-4H3,(H,81,82)(H,83,84)/b24-20-,31-27-,34-32-. The zero-order valence-corrected chi connectivity index (χ0v) is 61.9. The normalized spacial score (nSPS) is 14.2. The van der Waals surface area contributed by atoms with Crippen LogP contribution < -0.4 is 0 Å². The summed E-state index contributed by atoms with van der Waals surface area (Å²) in [4.78, 5) is 72.7. The van der Waals surface area contributed by atoms with E-state index in [1.807, 2.05) is 0 Å². The molecule has 17 nitrogen and oxygen atoms in total. The van der Waals surface area contributed by atoms with Crippen LogP contribution in [0.3, 0.4) is 0 Å². The molecule has 94 heavy (non-hydrogen) atoms. The highest BCUT2D eigenvalue weighted by molar-refractivity contribution is 7.47. The lowest BCUT2D eigenvalue weighted by molar-refractivity contribution is -0.161. The molecule has 0 rings (SSSR count). The molecule has 0 spiro atoms. The Balaban J connectivity index is 5.28. The summed E-state index contributed by atoms with van der Waals surface area (Å²) in [5.74, 6) is -2.17. The van der Waals surface area contributed by atoms with E-state index in [1.54, 1.807) is 0 Å². The Kier molecular flexibility index (Phi) is 66.8. The van der Waals surface area contributed by atoms with Crippen LogP contribution in [0.15, 0.2) is 36.5 Å². The zero-order valence-electron chi connectivity index (χ0n) is 60.2. The molecule has 0 heterocycles. The van der Waals surface area contributed by atoms with E-state index in [0.29, 0.717) is 25.7 Å². The van der Waals surface area contributed by atoms with Gasteiger partial charge in [-0.15, -0.1) is 0 Å². The van der Waals surface area contributed by atoms with E-state index >= 15 is 0 Å². The van der Waals surface area contributed by atoms with Crippen molar-refractivity contribution in [2.24, 2.45) is 0 Å². The number of esters is 4. The Morgan fingerprint density at radius 2 is 0.500 bits per heavy atom. The Morgan fingerprint density at radius 1 is 0.287 bits per heavy atom. The van der Waals surface area contributed by atoms with Gasteiger partial charge >= 0.3 is 39.5 Å². The van der Waals surface area contributed by atoms with Crippen molar-refractivity contribution < 1.29 is 80.2 Å². The molecule has 5 atom stereocenters. The molecule has 0 amide bonds. The highest BCUT2D eigenvalue weighted by atomic mass is 31.2. The topological polar surface area (TPSA) is 237 Å². The summed E-state index contributed by atoms with van der Waals surface area (Å²) in [6.07, 6.45) is 62.8. The Morgan fingerprint density at radius 3 is 0.777 bits per heavy atom. The van der Waals surface area contributed by atoms with Crippen molar-refractivity contribution in [3.8, 4) is 0 Å². The summed E-state index contributed by atoms with van der Waals surface area (Å²) < 4.78 is 68.4. The molecule has 0 aliphatic heterocycles. The average molecular weight is 1380 g/mol. The van der Waals surface area contributed by atoms with E-state index in [-0.39, 0.29) is 25.7 Å². The second-order valence-corrected chi connectivity index (χ2v) is 28.9. The van der Waals surface area contributed by atoms with Crippen LogP contribution in [0, 0.1) is 0 Å². The van der Waals surface area contributed by atoms with Gasteiger partial charge in [-0.3, -0.25) is 37.3 Å². The first-order chi connectivity index (χ1) is 45.7. The smallest absolute Gasteiger partial charge is 0.462 e. The molecule has 0 radical (unpaired) electrons. The second kappa shape index (κ2) is 68.8. The van der Waals surface area contributed by atoms with Crippen LogP contribution in [0.5, 0.6) is 0 Å². The van der Waals surface area contributed by atoms with E-state index in [2.05, 4.69) is 64.2 Å². The lowest BCUT2D eigenvalue weighted by atomic mass is 10.0. The number of allylic oxidation sites excluding steroid dienone is 6. The van der Waals surface area contributed by atoms with Gasteiger partial charge in [0, 0.05) is 25.7 Å². The maximum atomic E-state index is 13.1. The van der Waals surface area contributed by atoms with Crippen LogP contribution in [0.4, 0.5) is 0 Å². The van der Waals surface area contributed by atoms with E-state index in [0.717, 1.165) is 135 Å². The van der Waals surface area contributed by atoms with Gasteiger partial charge in [0.1, 0.15) is 19.3 Å². The monoisotopic (exact) mass is 1370 g/mol. The predicted molar refractivity (Wildman–Crippen MR) is 381 cm³/mol. The fraction of sp³-hybridized carbons (Fsp3) is 0.867. The molecule has 552 valence electrons. The molecule has 0 aliphatic carbocycles. The first-order valence-corrected chi connectivity index (χ1v) is 41.2. The van der Waals surface area contributed by atoms with Crippen LogP contribution in [0.2, 0.25) is 0 Å². The molecule has 0 aromatic heterocycles. The van der Waals surface area contributed by atoms with Crippen molar-refractivity contribution in [1.29, 1.82) is 0 Å². The minimum absolute atomic E-state index is 0.0884. The number of ether oxygens (including phenoxy) is 4. The van der Waals surface area contributed by atoms with Crippen molar-refractivity contribution in [2.45, 2.75) is 380 Å². The van der Waals surface area contributed by atoms with Gasteiger partial charge in [-0.05, 0) is 96.3 Å². The van der Waals surface area contributed by atoms with Crippen LogP contribution in [-0.2, 0) is 65.4 Å². The van der Waals surface area contributed by atoms with Crippen LogP contribution >= 0.6 is 15.6 Å². The summed E-state index contributed by atoms with van der Waals surface area (Å²) in [6.45, 7) is 4.85. The van der Waals surface area contributed by atoms with Crippen molar-refractivity contribution in [2.75, 3.05) is 39.6 Å². The van der Waals surface area contributed by atoms with Gasteiger partial charge < -0.3 is 33.8 Å². The van der Waals surface area contributed by atoms with Crippen LogP contribution in [-0.4, -0.2) is 96.7 Å². The fourth-order valence-electron chi connectivity index (χ4n) is 10.7. The molecule has 0 saturated carbocycles. The van der Waals surface area contributed by atoms with Gasteiger partial charge in [0.05, 0.1) is 26.4 Å². The second-order valence-electron chi connectivity index (χ2n) is 25.9. The van der Waals surface area contributed by atoms with Gasteiger partial charge in [-0.1, -0.05) is 276 Å². The van der Waals surface area contributed by atoms with E-state index in [4.69, 9.17) is 37.0 Å². The largest absolute Gasteiger partial charge is 0.472 e. The molecule has 5 unspecified atom stereocenters. The average Bonchev–Trinajstić information content (AvgIpc) is 2.22. The van der Waals surface area contributed by atoms with Gasteiger partial charge in [-0.25, -0.2) is 9.13 Å². The van der Waals surface area contributed by atoms with Crippen molar-refractivity contribution in [3.63, 3.8) is 0 Å². The van der Waals surface area contributed by atoms with Gasteiger partial charge in [0.2, 0.25) is 0 Å². The maximum absolute atomic E-state index is 13.1. The molecular formula is C75H140O17P2. The number of rotatable bonds is 73. The van der Waals surface area contributed by atoms with Crippen LogP contribution in [0.1, 0.15) is 362 Å². The number of aliphatic hydroxyl groups excluding tert-OH is 1. The Labute approximate surface area is 573 Å². The van der Waals surface area contributed by atoms with E-state index in [9.17, 15) is 43.2 Å². The number of hydrogen-bond acceptors (Lipinski definition) is 15. The summed E-state index contributed by atoms with van der Waals surface area (Å²) in [5, 5.41) is 10.6. The minimum Gasteiger partial charge on any atom is -0.462 e. The summed E-state index contributed by atoms with van der Waals surface area (Å²) in [5.41, 5.74) is 0. The third-order valence-electron chi connectivity index (χ3n) is 16.6. The number of aliphatic hydroxyl groups is 1.